The van der Waals surface area contributed by atoms with Crippen molar-refractivity contribution in [1.82, 2.24) is 9.38 Å². The smallest absolute Gasteiger partial charge is 0.374 e. The molecule has 2 aromatic rings. The van der Waals surface area contributed by atoms with Gasteiger partial charge < -0.3 is 24.7 Å². The highest BCUT2D eigenvalue weighted by Crippen LogP contribution is 2.50. The highest BCUT2D eigenvalue weighted by Gasteiger charge is 2.32. The molecular weight excluding hydrogens is 298 g/mol. The van der Waals surface area contributed by atoms with Gasteiger partial charge in [0.15, 0.2) is 11.3 Å². The Hall–Kier alpha value is -1.05. The molecule has 0 aromatic carbocycles. The predicted molar refractivity (Wildman–Crippen MR) is 63.9 cm³/mol. The minimum Gasteiger partial charge on any atom is -0.375 e. The van der Waals surface area contributed by atoms with Crippen LogP contribution in [0.15, 0.2) is 24.4 Å². The zero-order valence-corrected chi connectivity index (χ0v) is 11.0. The van der Waals surface area contributed by atoms with E-state index in [-0.39, 0.29) is 11.3 Å². The molecule has 0 saturated carbocycles. The fourth-order valence-corrected chi connectivity index (χ4v) is 2.86. The summed E-state index contributed by atoms with van der Waals surface area (Å²) >= 11 is 0. The Morgan fingerprint density at radius 2 is 1.79 bits per heavy atom. The third-order valence-corrected chi connectivity index (χ3v) is 4.24. The standard InChI is InChI=1S/C8H10N2O7P2/c11-8(19(15,16)17)5-2-1-3-6-9-4-7(10(5)6)18(12,13)14/h1-4,8,11H,(H2,12,13,14)(H2,15,16,17). The van der Waals surface area contributed by atoms with Crippen molar-refractivity contribution in [3.63, 3.8) is 0 Å². The number of aromatic nitrogens is 2. The number of pyridine rings is 1. The van der Waals surface area contributed by atoms with Crippen LogP contribution in [0.25, 0.3) is 5.65 Å². The number of aliphatic hydroxyl groups is 1. The highest BCUT2D eigenvalue weighted by atomic mass is 31.2. The van der Waals surface area contributed by atoms with Gasteiger partial charge in [0, 0.05) is 0 Å². The molecule has 0 aliphatic heterocycles. The van der Waals surface area contributed by atoms with Crippen LogP contribution in [0.1, 0.15) is 11.5 Å². The summed E-state index contributed by atoms with van der Waals surface area (Å²) in [5.41, 5.74) is -0.837. The van der Waals surface area contributed by atoms with Crippen LogP contribution in [0.4, 0.5) is 0 Å². The summed E-state index contributed by atoms with van der Waals surface area (Å²) in [5.74, 6) is -2.20. The maximum atomic E-state index is 11.3. The van der Waals surface area contributed by atoms with Gasteiger partial charge in [-0.15, -0.1) is 0 Å². The zero-order valence-electron chi connectivity index (χ0n) is 9.23. The summed E-state index contributed by atoms with van der Waals surface area (Å²) in [6.07, 6.45) is 0.895. The van der Waals surface area contributed by atoms with Crippen molar-refractivity contribution < 1.29 is 33.8 Å². The quantitative estimate of drug-likeness (QED) is 0.467. The van der Waals surface area contributed by atoms with Gasteiger partial charge in [-0.3, -0.25) is 13.5 Å². The lowest BCUT2D eigenvalue weighted by Crippen LogP contribution is -2.16. The van der Waals surface area contributed by atoms with Gasteiger partial charge in [-0.25, -0.2) is 4.98 Å². The van der Waals surface area contributed by atoms with Gasteiger partial charge in [-0.05, 0) is 12.1 Å². The Labute approximate surface area is 106 Å². The van der Waals surface area contributed by atoms with E-state index in [9.17, 15) is 14.2 Å². The van der Waals surface area contributed by atoms with Crippen LogP contribution in [0.3, 0.4) is 0 Å². The largest absolute Gasteiger partial charge is 0.375 e. The van der Waals surface area contributed by atoms with Crippen LogP contribution in [-0.2, 0) is 9.13 Å². The number of hydrogen-bond acceptors (Lipinski definition) is 4. The molecule has 11 heteroatoms. The Morgan fingerprint density at radius 3 is 2.32 bits per heavy atom. The average molecular weight is 308 g/mol. The third-order valence-electron chi connectivity index (χ3n) is 2.42. The van der Waals surface area contributed by atoms with E-state index in [1.54, 1.807) is 0 Å². The normalized spacial score (nSPS) is 14.8. The van der Waals surface area contributed by atoms with Crippen molar-refractivity contribution in [2.24, 2.45) is 0 Å². The van der Waals surface area contributed by atoms with E-state index in [2.05, 4.69) is 4.98 Å². The number of imidazole rings is 1. The highest BCUT2D eigenvalue weighted by molar-refractivity contribution is 7.60. The van der Waals surface area contributed by atoms with E-state index in [1.165, 1.54) is 12.1 Å². The minimum absolute atomic E-state index is 0.0586. The molecule has 9 nitrogen and oxygen atoms in total. The molecule has 0 amide bonds. The Morgan fingerprint density at radius 1 is 1.16 bits per heavy atom. The molecule has 0 radical (unpaired) electrons. The second-order valence-corrected chi connectivity index (χ2v) is 6.98. The van der Waals surface area contributed by atoms with Gasteiger partial charge in [0.1, 0.15) is 5.65 Å². The maximum absolute atomic E-state index is 11.3. The maximum Gasteiger partial charge on any atom is 0.374 e. The van der Waals surface area contributed by atoms with Crippen molar-refractivity contribution in [3.8, 4) is 0 Å². The lowest BCUT2D eigenvalue weighted by molar-refractivity contribution is 0.201. The van der Waals surface area contributed by atoms with Gasteiger partial charge in [0.2, 0.25) is 0 Å². The monoisotopic (exact) mass is 308 g/mol. The molecule has 0 saturated heterocycles. The van der Waals surface area contributed by atoms with Gasteiger partial charge in [-0.1, -0.05) is 6.07 Å². The first-order valence-electron chi connectivity index (χ1n) is 4.88. The number of nitrogens with zero attached hydrogens (tertiary/aromatic N) is 2. The molecule has 0 aliphatic rings. The first-order valence-corrected chi connectivity index (χ1v) is 8.17. The molecule has 5 N–H and O–H groups in total. The Bertz CT molecular complexity index is 715. The number of fused-ring (bicyclic) bond motifs is 1. The summed E-state index contributed by atoms with van der Waals surface area (Å²) in [6.45, 7) is 0. The second kappa shape index (κ2) is 4.50. The first-order chi connectivity index (χ1) is 8.62. The summed E-state index contributed by atoms with van der Waals surface area (Å²) < 4.78 is 23.2. The molecular formula is C8H10N2O7P2. The van der Waals surface area contributed by atoms with Crippen molar-refractivity contribution in [2.75, 3.05) is 0 Å². The molecule has 1 unspecified atom stereocenters. The summed E-state index contributed by atoms with van der Waals surface area (Å²) in [6, 6.07) is 3.90. The number of rotatable bonds is 3. The van der Waals surface area contributed by atoms with E-state index >= 15 is 0 Å². The molecule has 1 atom stereocenters. The number of hydrogen-bond donors (Lipinski definition) is 5. The molecule has 0 aliphatic carbocycles. The van der Waals surface area contributed by atoms with E-state index in [4.69, 9.17) is 19.6 Å². The van der Waals surface area contributed by atoms with E-state index < -0.39 is 26.5 Å². The first kappa shape index (κ1) is 14.4. The minimum atomic E-state index is -4.88. The van der Waals surface area contributed by atoms with Crippen LogP contribution in [0.5, 0.6) is 0 Å². The lowest BCUT2D eigenvalue weighted by Gasteiger charge is -2.16. The van der Waals surface area contributed by atoms with Crippen molar-refractivity contribution in [3.05, 3.63) is 30.1 Å². The molecule has 0 bridgehead atoms. The second-order valence-electron chi connectivity index (χ2n) is 3.77. The van der Waals surface area contributed by atoms with Crippen molar-refractivity contribution in [1.29, 1.82) is 0 Å². The lowest BCUT2D eigenvalue weighted by atomic mass is 10.3. The van der Waals surface area contributed by atoms with Gasteiger partial charge in [0.25, 0.3) is 0 Å². The summed E-state index contributed by atoms with van der Waals surface area (Å²) in [7, 11) is -9.58. The third kappa shape index (κ3) is 2.63. The van der Waals surface area contributed by atoms with Crippen molar-refractivity contribution in [2.45, 2.75) is 5.85 Å². The SMILES string of the molecule is O=P(O)(O)c1cnc2cccc(C(O)P(=O)(O)O)n12. The van der Waals surface area contributed by atoms with E-state index in [0.29, 0.717) is 0 Å². The molecule has 0 spiro atoms. The molecule has 2 heterocycles. The van der Waals surface area contributed by atoms with Gasteiger partial charge in [-0.2, -0.15) is 0 Å². The molecule has 104 valence electrons. The Balaban J connectivity index is 2.79. The van der Waals surface area contributed by atoms with Crippen molar-refractivity contribution >= 4 is 26.3 Å². The summed E-state index contributed by atoms with van der Waals surface area (Å²) in [4.78, 5) is 40.0. The van der Waals surface area contributed by atoms with Crippen LogP contribution in [0.2, 0.25) is 0 Å². The van der Waals surface area contributed by atoms with Crippen LogP contribution in [-0.4, -0.2) is 34.1 Å². The predicted octanol–water partition coefficient (Wildman–Crippen LogP) is -0.694. The molecule has 2 aromatic heterocycles. The number of aliphatic hydroxyl groups excluding tert-OH is 1. The molecule has 19 heavy (non-hydrogen) atoms. The molecule has 2 rings (SSSR count). The molecule has 0 fully saturated rings. The average Bonchev–Trinajstić information content (AvgIpc) is 2.69. The van der Waals surface area contributed by atoms with Crippen LogP contribution < -0.4 is 5.44 Å². The Kier molecular flexibility index (Phi) is 3.40. The summed E-state index contributed by atoms with van der Waals surface area (Å²) in [5, 5.41) is 9.60. The van der Waals surface area contributed by atoms with Crippen LogP contribution >= 0.6 is 15.2 Å². The van der Waals surface area contributed by atoms with Gasteiger partial charge >= 0.3 is 15.2 Å². The fraction of sp³-hybridized carbons (Fsp3) is 0.125. The van der Waals surface area contributed by atoms with E-state index in [0.717, 1.165) is 16.7 Å². The van der Waals surface area contributed by atoms with E-state index in [1.807, 2.05) is 0 Å². The fourth-order valence-electron chi connectivity index (χ4n) is 1.63. The topological polar surface area (TPSA) is 153 Å². The van der Waals surface area contributed by atoms with Crippen LogP contribution in [0, 0.1) is 0 Å². The van der Waals surface area contributed by atoms with Gasteiger partial charge in [0.05, 0.1) is 11.9 Å². The zero-order chi connectivity index (χ0) is 14.4.